The molecule has 1 saturated carbocycles. The summed E-state index contributed by atoms with van der Waals surface area (Å²) in [6.07, 6.45) is 1.67. The third-order valence-corrected chi connectivity index (χ3v) is 4.12. The summed E-state index contributed by atoms with van der Waals surface area (Å²) < 4.78 is 5.39. The summed E-state index contributed by atoms with van der Waals surface area (Å²) in [5.74, 6) is 0.755. The van der Waals surface area contributed by atoms with Gasteiger partial charge in [-0.25, -0.2) is 0 Å². The van der Waals surface area contributed by atoms with Gasteiger partial charge in [0.2, 0.25) is 5.91 Å². The van der Waals surface area contributed by atoms with E-state index in [9.17, 15) is 4.79 Å². The maximum absolute atomic E-state index is 12.7. The number of carbonyl (C=O) groups is 1. The Hall–Kier alpha value is -2.00. The van der Waals surface area contributed by atoms with Crippen molar-refractivity contribution >= 4 is 23.2 Å². The number of rotatable bonds is 4. The van der Waals surface area contributed by atoms with Crippen molar-refractivity contribution in [3.05, 3.63) is 59.1 Å². The summed E-state index contributed by atoms with van der Waals surface area (Å²) >= 11 is 5.95. The third kappa shape index (κ3) is 2.61. The van der Waals surface area contributed by atoms with Crippen LogP contribution in [0.5, 0.6) is 5.75 Å². The maximum Gasteiger partial charge on any atom is 0.235 e. The first-order valence-electron chi connectivity index (χ1n) is 6.86. The molecule has 0 unspecified atom stereocenters. The quantitative estimate of drug-likeness (QED) is 0.926. The average Bonchev–Trinajstić information content (AvgIpc) is 3.29. The van der Waals surface area contributed by atoms with Crippen LogP contribution < -0.4 is 10.1 Å². The highest BCUT2D eigenvalue weighted by molar-refractivity contribution is 6.30. The highest BCUT2D eigenvalue weighted by Gasteiger charge is 2.52. The average molecular weight is 302 g/mol. The van der Waals surface area contributed by atoms with Gasteiger partial charge in [0.15, 0.2) is 0 Å². The van der Waals surface area contributed by atoms with E-state index in [0.717, 1.165) is 24.2 Å². The Balaban J connectivity index is 1.87. The van der Waals surface area contributed by atoms with Gasteiger partial charge in [0, 0.05) is 16.3 Å². The number of hydrogen-bond donors (Lipinski definition) is 1. The molecule has 1 amide bonds. The number of benzene rings is 2. The van der Waals surface area contributed by atoms with E-state index in [1.54, 1.807) is 19.2 Å². The molecule has 0 heterocycles. The van der Waals surface area contributed by atoms with E-state index < -0.39 is 5.41 Å². The fraction of sp³-hybridized carbons (Fsp3) is 0.235. The fourth-order valence-corrected chi connectivity index (χ4v) is 2.79. The highest BCUT2D eigenvalue weighted by Crippen LogP contribution is 2.51. The summed E-state index contributed by atoms with van der Waals surface area (Å²) in [6.45, 7) is 0. The SMILES string of the molecule is COc1ccccc1C1(C(=O)Nc2cccc(Cl)c2)CC1. The number of anilines is 1. The van der Waals surface area contributed by atoms with Crippen LogP contribution in [-0.2, 0) is 10.2 Å². The van der Waals surface area contributed by atoms with Crippen LogP contribution in [0.4, 0.5) is 5.69 Å². The van der Waals surface area contributed by atoms with E-state index in [1.165, 1.54) is 0 Å². The van der Waals surface area contributed by atoms with E-state index in [2.05, 4.69) is 5.32 Å². The van der Waals surface area contributed by atoms with Gasteiger partial charge in [0.05, 0.1) is 12.5 Å². The number of amides is 1. The molecule has 3 nitrogen and oxygen atoms in total. The minimum Gasteiger partial charge on any atom is -0.496 e. The van der Waals surface area contributed by atoms with E-state index in [1.807, 2.05) is 36.4 Å². The Labute approximate surface area is 128 Å². The molecule has 2 aromatic rings. The summed E-state index contributed by atoms with van der Waals surface area (Å²) in [4.78, 5) is 12.7. The highest BCUT2D eigenvalue weighted by atomic mass is 35.5. The number of hydrogen-bond acceptors (Lipinski definition) is 2. The molecule has 0 aliphatic heterocycles. The lowest BCUT2D eigenvalue weighted by atomic mass is 9.94. The Morgan fingerprint density at radius 3 is 2.62 bits per heavy atom. The zero-order valence-electron chi connectivity index (χ0n) is 11.7. The predicted molar refractivity (Wildman–Crippen MR) is 84.0 cm³/mol. The standard InChI is InChI=1S/C17H16ClNO2/c1-21-15-8-3-2-7-14(15)17(9-10-17)16(20)19-13-6-4-5-12(18)11-13/h2-8,11H,9-10H2,1H3,(H,19,20). The smallest absolute Gasteiger partial charge is 0.235 e. The van der Waals surface area contributed by atoms with Crippen LogP contribution in [0.25, 0.3) is 0 Å². The molecule has 0 aromatic heterocycles. The first-order chi connectivity index (χ1) is 10.2. The van der Waals surface area contributed by atoms with Crippen LogP contribution in [0.15, 0.2) is 48.5 Å². The molecule has 1 aliphatic rings. The molecule has 2 aromatic carbocycles. The number of halogens is 1. The second-order valence-corrected chi connectivity index (χ2v) is 5.68. The zero-order chi connectivity index (χ0) is 14.9. The number of para-hydroxylation sites is 1. The van der Waals surface area contributed by atoms with E-state index >= 15 is 0 Å². The number of nitrogens with one attached hydrogen (secondary N) is 1. The molecule has 0 saturated heterocycles. The van der Waals surface area contributed by atoms with Gasteiger partial charge in [-0.15, -0.1) is 0 Å². The van der Waals surface area contributed by atoms with Gasteiger partial charge in [-0.2, -0.15) is 0 Å². The van der Waals surface area contributed by atoms with Gasteiger partial charge in [0.25, 0.3) is 0 Å². The Morgan fingerprint density at radius 1 is 1.19 bits per heavy atom. The lowest BCUT2D eigenvalue weighted by Gasteiger charge is -2.18. The molecular formula is C17H16ClNO2. The van der Waals surface area contributed by atoms with Gasteiger partial charge in [-0.1, -0.05) is 35.9 Å². The molecule has 108 valence electrons. The largest absolute Gasteiger partial charge is 0.496 e. The van der Waals surface area contributed by atoms with Crippen LogP contribution in [-0.4, -0.2) is 13.0 Å². The van der Waals surface area contributed by atoms with Gasteiger partial charge >= 0.3 is 0 Å². The number of carbonyl (C=O) groups excluding carboxylic acids is 1. The molecule has 1 aliphatic carbocycles. The number of ether oxygens (including phenoxy) is 1. The third-order valence-electron chi connectivity index (χ3n) is 3.89. The van der Waals surface area contributed by atoms with Crippen molar-refractivity contribution < 1.29 is 9.53 Å². The first kappa shape index (κ1) is 14.0. The molecule has 0 spiro atoms. The summed E-state index contributed by atoms with van der Waals surface area (Å²) in [5, 5.41) is 3.56. The maximum atomic E-state index is 12.7. The summed E-state index contributed by atoms with van der Waals surface area (Å²) in [5.41, 5.74) is 1.19. The normalized spacial score (nSPS) is 15.3. The minimum absolute atomic E-state index is 0.00531. The van der Waals surface area contributed by atoms with Crippen molar-refractivity contribution in [1.82, 2.24) is 0 Å². The van der Waals surface area contributed by atoms with Gasteiger partial charge in [0.1, 0.15) is 5.75 Å². The van der Waals surface area contributed by atoms with Crippen molar-refractivity contribution in [2.75, 3.05) is 12.4 Å². The molecule has 1 N–H and O–H groups in total. The molecular weight excluding hydrogens is 286 g/mol. The molecule has 0 bridgehead atoms. The van der Waals surface area contributed by atoms with Gasteiger partial charge in [-0.3, -0.25) is 4.79 Å². The van der Waals surface area contributed by atoms with E-state index in [4.69, 9.17) is 16.3 Å². The molecule has 0 atom stereocenters. The van der Waals surface area contributed by atoms with Gasteiger partial charge < -0.3 is 10.1 Å². The first-order valence-corrected chi connectivity index (χ1v) is 7.24. The molecule has 21 heavy (non-hydrogen) atoms. The van der Waals surface area contributed by atoms with Crippen LogP contribution in [0, 0.1) is 0 Å². The van der Waals surface area contributed by atoms with Crippen molar-refractivity contribution in [2.45, 2.75) is 18.3 Å². The minimum atomic E-state index is -0.477. The Morgan fingerprint density at radius 2 is 1.95 bits per heavy atom. The van der Waals surface area contributed by atoms with Crippen molar-refractivity contribution in [2.24, 2.45) is 0 Å². The topological polar surface area (TPSA) is 38.3 Å². The van der Waals surface area contributed by atoms with Gasteiger partial charge in [-0.05, 0) is 37.1 Å². The molecule has 4 heteroatoms. The lowest BCUT2D eigenvalue weighted by Crippen LogP contribution is -2.28. The Bertz CT molecular complexity index is 680. The van der Waals surface area contributed by atoms with Crippen molar-refractivity contribution in [1.29, 1.82) is 0 Å². The summed E-state index contributed by atoms with van der Waals surface area (Å²) in [7, 11) is 1.63. The lowest BCUT2D eigenvalue weighted by molar-refractivity contribution is -0.118. The molecule has 1 fully saturated rings. The zero-order valence-corrected chi connectivity index (χ0v) is 12.5. The van der Waals surface area contributed by atoms with Crippen LogP contribution in [0.2, 0.25) is 5.02 Å². The van der Waals surface area contributed by atoms with Crippen molar-refractivity contribution in [3.8, 4) is 5.75 Å². The monoisotopic (exact) mass is 301 g/mol. The van der Waals surface area contributed by atoms with Crippen molar-refractivity contribution in [3.63, 3.8) is 0 Å². The van der Waals surface area contributed by atoms with Crippen LogP contribution >= 0.6 is 11.6 Å². The Kier molecular flexibility index (Phi) is 3.60. The van der Waals surface area contributed by atoms with Crippen LogP contribution in [0.1, 0.15) is 18.4 Å². The van der Waals surface area contributed by atoms with E-state index in [-0.39, 0.29) is 5.91 Å². The molecule has 0 radical (unpaired) electrons. The molecule has 3 rings (SSSR count). The summed E-state index contributed by atoms with van der Waals surface area (Å²) in [6, 6.07) is 14.9. The second kappa shape index (κ2) is 5.41. The van der Waals surface area contributed by atoms with Crippen LogP contribution in [0.3, 0.4) is 0 Å². The number of methoxy groups -OCH3 is 1. The second-order valence-electron chi connectivity index (χ2n) is 5.25. The van der Waals surface area contributed by atoms with E-state index in [0.29, 0.717) is 10.7 Å². The fourth-order valence-electron chi connectivity index (χ4n) is 2.60. The predicted octanol–water partition coefficient (Wildman–Crippen LogP) is 4.02.